The zero-order valence-corrected chi connectivity index (χ0v) is 25.2. The van der Waals surface area contributed by atoms with Crippen LogP contribution in [-0.2, 0) is 38.8 Å². The first-order valence-electron chi connectivity index (χ1n) is 14.1. The Hall–Kier alpha value is -4.04. The summed E-state index contributed by atoms with van der Waals surface area (Å²) in [4.78, 5) is 12.3. The van der Waals surface area contributed by atoms with Crippen LogP contribution in [0.25, 0.3) is 0 Å². The minimum absolute atomic E-state index is 0.0789. The fourth-order valence-corrected chi connectivity index (χ4v) is 4.71. The lowest BCUT2D eigenvalue weighted by Gasteiger charge is -2.42. The summed E-state index contributed by atoms with van der Waals surface area (Å²) in [7, 11) is 4.70. The molecule has 4 atom stereocenters. The molecule has 45 heavy (non-hydrogen) atoms. The highest BCUT2D eigenvalue weighted by molar-refractivity contribution is 5.74. The summed E-state index contributed by atoms with van der Waals surface area (Å²) in [5, 5.41) is 3.31. The molecular weight excluding hydrogens is 597 g/mol. The Labute approximate surface area is 259 Å². The number of nitrogens with one attached hydrogen (secondary N) is 2. The normalized spacial score (nSPS) is 19.9. The Bertz CT molecular complexity index is 1320. The number of carbonyl (C=O) groups is 1. The van der Waals surface area contributed by atoms with Gasteiger partial charge in [-0.1, -0.05) is 36.4 Å². The van der Waals surface area contributed by atoms with Gasteiger partial charge in [-0.05, 0) is 53.1 Å². The number of methoxy groups -OCH3 is 3. The van der Waals surface area contributed by atoms with E-state index in [2.05, 4.69) is 5.32 Å². The molecule has 1 aliphatic heterocycles. The van der Waals surface area contributed by atoms with E-state index in [0.717, 1.165) is 22.0 Å². The molecule has 0 saturated carbocycles. The van der Waals surface area contributed by atoms with E-state index in [1.807, 2.05) is 36.4 Å². The molecular formula is C32H37F3N2O8. The fraction of sp³-hybridized carbons (Fsp3) is 0.406. The van der Waals surface area contributed by atoms with Gasteiger partial charge in [0, 0.05) is 0 Å². The summed E-state index contributed by atoms with van der Waals surface area (Å²) in [6, 6.07) is 19.4. The van der Waals surface area contributed by atoms with E-state index in [1.54, 1.807) is 57.7 Å². The lowest BCUT2D eigenvalue weighted by atomic mass is 9.97. The van der Waals surface area contributed by atoms with Crippen molar-refractivity contribution in [3.05, 3.63) is 89.5 Å². The molecule has 0 radical (unpaired) electrons. The molecule has 0 bridgehead atoms. The average Bonchev–Trinajstić information content (AvgIpc) is 3.03. The quantitative estimate of drug-likeness (QED) is 0.239. The smallest absolute Gasteiger partial charge is 0.485 e. The van der Waals surface area contributed by atoms with Gasteiger partial charge >= 0.3 is 12.3 Å². The van der Waals surface area contributed by atoms with Crippen molar-refractivity contribution in [2.24, 2.45) is 0 Å². The minimum atomic E-state index is -4.92. The number of amides is 2. The summed E-state index contributed by atoms with van der Waals surface area (Å²) in [5.74, 6) is 2.04. The van der Waals surface area contributed by atoms with Crippen molar-refractivity contribution in [1.29, 1.82) is 0 Å². The minimum Gasteiger partial charge on any atom is -0.497 e. The molecule has 0 unspecified atom stereocenters. The Morgan fingerprint density at radius 3 is 1.62 bits per heavy atom. The van der Waals surface area contributed by atoms with Crippen LogP contribution in [0.2, 0.25) is 0 Å². The monoisotopic (exact) mass is 634 g/mol. The second-order valence-electron chi connectivity index (χ2n) is 10.2. The van der Waals surface area contributed by atoms with E-state index in [1.165, 1.54) is 0 Å². The lowest BCUT2D eigenvalue weighted by molar-refractivity contribution is -0.207. The molecule has 1 aliphatic rings. The first kappa shape index (κ1) is 33.8. The molecule has 1 saturated heterocycles. The standard InChI is InChI=1S/C32H37F3N2O8/c1-39-24-10-4-21(5-11-24)16-42-20-28-30(45-18-23-8-14-26(41-3)15-9-23)29(44-17-22-6-12-25(40-2)13-7-22)27(19-43-28)36-31(38)37-32(33,34)35/h4-15,27-30H,16-20H2,1-3H3,(H2,36,37,38)/t27-,28+,29+,30+/m0/s1. The fourth-order valence-electron chi connectivity index (χ4n) is 4.71. The van der Waals surface area contributed by atoms with E-state index < -0.39 is 36.7 Å². The highest BCUT2D eigenvalue weighted by Crippen LogP contribution is 2.26. The number of rotatable bonds is 14. The molecule has 1 heterocycles. The van der Waals surface area contributed by atoms with Crippen LogP contribution in [-0.4, -0.2) is 71.2 Å². The van der Waals surface area contributed by atoms with Crippen LogP contribution >= 0.6 is 0 Å². The Morgan fingerprint density at radius 1 is 0.733 bits per heavy atom. The Morgan fingerprint density at radius 2 is 1.18 bits per heavy atom. The predicted octanol–water partition coefficient (Wildman–Crippen LogP) is 4.99. The van der Waals surface area contributed by atoms with Gasteiger partial charge < -0.3 is 38.5 Å². The molecule has 0 spiro atoms. The molecule has 2 N–H and O–H groups in total. The molecule has 10 nitrogen and oxygen atoms in total. The summed E-state index contributed by atoms with van der Waals surface area (Å²) in [5.41, 5.74) is 2.49. The van der Waals surface area contributed by atoms with Gasteiger partial charge in [0.05, 0.1) is 60.4 Å². The van der Waals surface area contributed by atoms with E-state index in [9.17, 15) is 18.0 Å². The number of ether oxygens (including phenoxy) is 7. The topological polar surface area (TPSA) is 106 Å². The van der Waals surface area contributed by atoms with Crippen molar-refractivity contribution < 1.29 is 51.1 Å². The Kier molecular flexibility index (Phi) is 12.3. The summed E-state index contributed by atoms with van der Waals surface area (Å²) < 4.78 is 79.0. The summed E-state index contributed by atoms with van der Waals surface area (Å²) in [6.45, 7) is 0.412. The summed E-state index contributed by atoms with van der Waals surface area (Å²) >= 11 is 0. The molecule has 244 valence electrons. The van der Waals surface area contributed by atoms with Crippen LogP contribution in [0.3, 0.4) is 0 Å². The maximum atomic E-state index is 12.9. The highest BCUT2D eigenvalue weighted by Gasteiger charge is 2.44. The van der Waals surface area contributed by atoms with Crippen LogP contribution < -0.4 is 24.8 Å². The number of benzene rings is 3. The molecule has 2 amide bonds. The number of alkyl halides is 3. The van der Waals surface area contributed by atoms with Crippen molar-refractivity contribution in [2.75, 3.05) is 34.5 Å². The number of hydrogen-bond donors (Lipinski definition) is 2. The molecule has 13 heteroatoms. The average molecular weight is 635 g/mol. The van der Waals surface area contributed by atoms with Gasteiger partial charge in [0.25, 0.3) is 0 Å². The largest absolute Gasteiger partial charge is 0.497 e. The van der Waals surface area contributed by atoms with E-state index >= 15 is 0 Å². The second-order valence-corrected chi connectivity index (χ2v) is 10.2. The van der Waals surface area contributed by atoms with Crippen molar-refractivity contribution >= 4 is 6.03 Å². The highest BCUT2D eigenvalue weighted by atomic mass is 19.4. The molecule has 0 aromatic heterocycles. The zero-order chi connectivity index (χ0) is 32.2. The van der Waals surface area contributed by atoms with E-state index in [4.69, 9.17) is 33.2 Å². The number of urea groups is 1. The maximum absolute atomic E-state index is 12.9. The van der Waals surface area contributed by atoms with Gasteiger partial charge in [-0.2, -0.15) is 13.2 Å². The van der Waals surface area contributed by atoms with Crippen LogP contribution in [0.1, 0.15) is 16.7 Å². The second kappa shape index (κ2) is 16.3. The Balaban J connectivity index is 1.54. The van der Waals surface area contributed by atoms with Gasteiger partial charge in [-0.25, -0.2) is 10.1 Å². The van der Waals surface area contributed by atoms with Gasteiger partial charge in [0.15, 0.2) is 0 Å². The van der Waals surface area contributed by atoms with E-state index in [0.29, 0.717) is 17.2 Å². The SMILES string of the molecule is COc1ccc(COC[C@H]2OC[C@H](NC(=O)NC(F)(F)F)[C@@H](OCc3ccc(OC)cc3)[C@@H]2OCc2ccc(OC)cc2)cc1. The van der Waals surface area contributed by atoms with Gasteiger partial charge in [-0.3, -0.25) is 0 Å². The van der Waals surface area contributed by atoms with Crippen molar-refractivity contribution in [3.8, 4) is 17.2 Å². The lowest BCUT2D eigenvalue weighted by Crippen LogP contribution is -2.63. The van der Waals surface area contributed by atoms with Crippen LogP contribution in [0.15, 0.2) is 72.8 Å². The first-order valence-corrected chi connectivity index (χ1v) is 14.1. The van der Waals surface area contributed by atoms with Crippen LogP contribution in [0, 0.1) is 0 Å². The first-order chi connectivity index (χ1) is 21.7. The summed E-state index contributed by atoms with van der Waals surface area (Å²) in [6.07, 6.45) is -7.34. The van der Waals surface area contributed by atoms with Gasteiger partial charge in [0.2, 0.25) is 0 Å². The number of halogens is 3. The van der Waals surface area contributed by atoms with Crippen molar-refractivity contribution in [2.45, 2.75) is 50.5 Å². The van der Waals surface area contributed by atoms with Crippen molar-refractivity contribution in [1.82, 2.24) is 10.6 Å². The van der Waals surface area contributed by atoms with Gasteiger partial charge in [-0.15, -0.1) is 0 Å². The third-order valence-corrected chi connectivity index (χ3v) is 7.06. The molecule has 1 fully saturated rings. The molecule has 3 aromatic rings. The molecule has 3 aromatic carbocycles. The third-order valence-electron chi connectivity index (χ3n) is 7.06. The van der Waals surface area contributed by atoms with Crippen LogP contribution in [0.4, 0.5) is 18.0 Å². The predicted molar refractivity (Wildman–Crippen MR) is 157 cm³/mol. The van der Waals surface area contributed by atoms with E-state index in [-0.39, 0.29) is 33.0 Å². The van der Waals surface area contributed by atoms with Crippen LogP contribution in [0.5, 0.6) is 17.2 Å². The third kappa shape index (κ3) is 10.5. The van der Waals surface area contributed by atoms with Crippen molar-refractivity contribution in [3.63, 3.8) is 0 Å². The maximum Gasteiger partial charge on any atom is 0.485 e. The molecule has 0 aliphatic carbocycles. The van der Waals surface area contributed by atoms with Gasteiger partial charge in [0.1, 0.15) is 35.6 Å². The molecule has 4 rings (SSSR count). The number of hydrogen-bond acceptors (Lipinski definition) is 8. The zero-order valence-electron chi connectivity index (χ0n) is 25.2. The number of carbonyl (C=O) groups excluding carboxylic acids is 1.